The van der Waals surface area contributed by atoms with E-state index in [4.69, 9.17) is 5.26 Å². The number of carbonyl (C=O) groups is 1. The van der Waals surface area contributed by atoms with Crippen molar-refractivity contribution in [3.05, 3.63) is 53.6 Å². The van der Waals surface area contributed by atoms with Crippen molar-refractivity contribution in [2.24, 2.45) is 0 Å². The van der Waals surface area contributed by atoms with Gasteiger partial charge in [0.15, 0.2) is 0 Å². The highest BCUT2D eigenvalue weighted by Gasteiger charge is 2.09. The first-order chi connectivity index (χ1) is 9.15. The lowest BCUT2D eigenvalue weighted by molar-refractivity contribution is -0.120. The van der Waals surface area contributed by atoms with Crippen molar-refractivity contribution >= 4 is 6.47 Å². The molecule has 2 aromatic rings. The van der Waals surface area contributed by atoms with E-state index in [-0.39, 0.29) is 23.3 Å². The predicted octanol–water partition coefficient (Wildman–Crippen LogP) is 3.04. The van der Waals surface area contributed by atoms with Crippen molar-refractivity contribution < 1.29 is 18.3 Å². The quantitative estimate of drug-likeness (QED) is 0.796. The molecule has 0 unspecified atom stereocenters. The second kappa shape index (κ2) is 5.27. The van der Waals surface area contributed by atoms with Gasteiger partial charge in [-0.25, -0.2) is 8.78 Å². The molecule has 0 aliphatic rings. The van der Waals surface area contributed by atoms with Gasteiger partial charge in [-0.05, 0) is 29.8 Å². The molecule has 0 aliphatic carbocycles. The molecular weight excluding hydrogens is 252 g/mol. The van der Waals surface area contributed by atoms with Crippen molar-refractivity contribution in [2.45, 2.75) is 0 Å². The molecule has 0 saturated heterocycles. The van der Waals surface area contributed by atoms with Gasteiger partial charge >= 0.3 is 0 Å². The second-order valence-electron chi connectivity index (χ2n) is 3.66. The van der Waals surface area contributed by atoms with Gasteiger partial charge in [-0.15, -0.1) is 0 Å². The largest absolute Gasteiger partial charge is 0.429 e. The first-order valence-electron chi connectivity index (χ1n) is 5.25. The van der Waals surface area contributed by atoms with Gasteiger partial charge in [-0.2, -0.15) is 5.26 Å². The zero-order valence-corrected chi connectivity index (χ0v) is 9.56. The molecule has 0 atom stereocenters. The average Bonchev–Trinajstić information content (AvgIpc) is 2.39. The van der Waals surface area contributed by atoms with Crippen LogP contribution in [0.2, 0.25) is 0 Å². The average molecular weight is 259 g/mol. The van der Waals surface area contributed by atoms with E-state index in [1.165, 1.54) is 24.3 Å². The van der Waals surface area contributed by atoms with Crippen molar-refractivity contribution in [1.29, 1.82) is 5.26 Å². The van der Waals surface area contributed by atoms with Gasteiger partial charge in [0.05, 0.1) is 5.56 Å². The Morgan fingerprint density at radius 1 is 1.11 bits per heavy atom. The summed E-state index contributed by atoms with van der Waals surface area (Å²) in [6.45, 7) is 0.190. The summed E-state index contributed by atoms with van der Waals surface area (Å²) in [5, 5.41) is 8.62. The van der Waals surface area contributed by atoms with E-state index < -0.39 is 11.6 Å². The maximum atomic E-state index is 13.8. The molecule has 19 heavy (non-hydrogen) atoms. The van der Waals surface area contributed by atoms with Gasteiger partial charge in [0.1, 0.15) is 23.5 Å². The van der Waals surface area contributed by atoms with Gasteiger partial charge in [0.25, 0.3) is 6.47 Å². The lowest BCUT2D eigenvalue weighted by Crippen LogP contribution is -1.92. The van der Waals surface area contributed by atoms with Crippen LogP contribution in [0.3, 0.4) is 0 Å². The van der Waals surface area contributed by atoms with Gasteiger partial charge in [0, 0.05) is 11.6 Å². The number of ether oxygens (including phenoxy) is 1. The molecule has 0 aliphatic heterocycles. The molecule has 0 fully saturated rings. The number of nitriles is 1. The number of rotatable bonds is 3. The molecule has 5 heteroatoms. The molecule has 2 rings (SSSR count). The van der Waals surface area contributed by atoms with Crippen LogP contribution in [0.15, 0.2) is 36.4 Å². The second-order valence-corrected chi connectivity index (χ2v) is 3.66. The van der Waals surface area contributed by atoms with Crippen LogP contribution in [0.25, 0.3) is 11.1 Å². The minimum absolute atomic E-state index is 0.0605. The van der Waals surface area contributed by atoms with Crippen LogP contribution in [0.1, 0.15) is 5.56 Å². The predicted molar refractivity (Wildman–Crippen MR) is 63.2 cm³/mol. The van der Waals surface area contributed by atoms with Gasteiger partial charge in [0.2, 0.25) is 0 Å². The highest BCUT2D eigenvalue weighted by Crippen LogP contribution is 2.27. The number of halogens is 2. The van der Waals surface area contributed by atoms with Crippen LogP contribution >= 0.6 is 0 Å². The third-order valence-electron chi connectivity index (χ3n) is 2.53. The maximum absolute atomic E-state index is 13.8. The lowest BCUT2D eigenvalue weighted by atomic mass is 10.0. The number of carbonyl (C=O) groups excluding carboxylic acids is 1. The van der Waals surface area contributed by atoms with E-state index in [0.717, 1.165) is 12.1 Å². The van der Waals surface area contributed by atoms with Crippen LogP contribution in [-0.4, -0.2) is 6.47 Å². The van der Waals surface area contributed by atoms with Crippen LogP contribution < -0.4 is 4.74 Å². The van der Waals surface area contributed by atoms with Crippen LogP contribution in [0, 0.1) is 23.0 Å². The third kappa shape index (κ3) is 2.58. The maximum Gasteiger partial charge on any atom is 0.298 e. The van der Waals surface area contributed by atoms with Crippen molar-refractivity contribution in [3.63, 3.8) is 0 Å². The summed E-state index contributed by atoms with van der Waals surface area (Å²) < 4.78 is 31.7. The van der Waals surface area contributed by atoms with Crippen molar-refractivity contribution in [3.8, 4) is 22.9 Å². The van der Waals surface area contributed by atoms with E-state index in [2.05, 4.69) is 4.74 Å². The fourth-order valence-electron chi connectivity index (χ4n) is 1.63. The summed E-state index contributed by atoms with van der Waals surface area (Å²) in [7, 11) is 0. The Labute approximate surface area is 107 Å². The molecule has 0 radical (unpaired) electrons. The summed E-state index contributed by atoms with van der Waals surface area (Å²) in [6, 6.07) is 9.28. The van der Waals surface area contributed by atoms with Crippen molar-refractivity contribution in [2.75, 3.05) is 0 Å². The molecule has 2 aromatic carbocycles. The van der Waals surface area contributed by atoms with E-state index in [1.54, 1.807) is 6.07 Å². The van der Waals surface area contributed by atoms with E-state index in [9.17, 15) is 13.6 Å². The number of benzene rings is 2. The number of hydrogen-bond donors (Lipinski definition) is 0. The zero-order valence-electron chi connectivity index (χ0n) is 9.56. The number of hydrogen-bond acceptors (Lipinski definition) is 3. The van der Waals surface area contributed by atoms with Crippen LogP contribution in [0.5, 0.6) is 5.75 Å². The summed E-state index contributed by atoms with van der Waals surface area (Å²) in [5.41, 5.74) is 0.346. The standard InChI is InChI=1S/C14H7F2NO2/c15-13-5-9(1-2-10(13)7-17)12-4-3-11(19-8-18)6-14(12)16/h1-6,8H. The van der Waals surface area contributed by atoms with Gasteiger partial charge < -0.3 is 4.74 Å². The zero-order chi connectivity index (χ0) is 13.8. The summed E-state index contributed by atoms with van der Waals surface area (Å²) >= 11 is 0. The Hall–Kier alpha value is -2.74. The Bertz CT molecular complexity index is 678. The van der Waals surface area contributed by atoms with Crippen LogP contribution in [-0.2, 0) is 4.79 Å². The van der Waals surface area contributed by atoms with Crippen molar-refractivity contribution in [1.82, 2.24) is 0 Å². The molecule has 0 heterocycles. The van der Waals surface area contributed by atoms with E-state index in [1.807, 2.05) is 0 Å². The molecule has 0 amide bonds. The molecule has 0 saturated carbocycles. The minimum Gasteiger partial charge on any atom is -0.429 e. The Balaban J connectivity index is 2.45. The summed E-state index contributed by atoms with van der Waals surface area (Å²) in [5.74, 6) is -1.30. The Morgan fingerprint density at radius 2 is 1.89 bits per heavy atom. The molecule has 0 bridgehead atoms. The first kappa shape index (κ1) is 12.7. The molecule has 94 valence electrons. The lowest BCUT2D eigenvalue weighted by Gasteiger charge is -2.06. The van der Waals surface area contributed by atoms with Crippen LogP contribution in [0.4, 0.5) is 8.78 Å². The third-order valence-corrected chi connectivity index (χ3v) is 2.53. The van der Waals surface area contributed by atoms with E-state index >= 15 is 0 Å². The van der Waals surface area contributed by atoms with Gasteiger partial charge in [-0.1, -0.05) is 6.07 Å². The SMILES string of the molecule is N#Cc1ccc(-c2ccc(OC=O)cc2F)cc1F. The summed E-state index contributed by atoms with van der Waals surface area (Å²) in [4.78, 5) is 10.1. The first-order valence-corrected chi connectivity index (χ1v) is 5.25. The summed E-state index contributed by atoms with van der Waals surface area (Å²) in [6.07, 6.45) is 0. The Kier molecular flexibility index (Phi) is 3.53. The molecule has 0 spiro atoms. The molecule has 0 aromatic heterocycles. The normalized spacial score (nSPS) is 9.74. The van der Waals surface area contributed by atoms with Gasteiger partial charge in [-0.3, -0.25) is 4.79 Å². The highest BCUT2D eigenvalue weighted by atomic mass is 19.1. The monoisotopic (exact) mass is 259 g/mol. The molecule has 0 N–H and O–H groups in total. The Morgan fingerprint density at radius 3 is 2.47 bits per heavy atom. The number of nitrogens with zero attached hydrogens (tertiary/aromatic N) is 1. The topological polar surface area (TPSA) is 50.1 Å². The van der Waals surface area contributed by atoms with E-state index in [0.29, 0.717) is 5.56 Å². The highest BCUT2D eigenvalue weighted by molar-refractivity contribution is 5.66. The molecular formula is C14H7F2NO2. The smallest absolute Gasteiger partial charge is 0.298 e. The molecule has 3 nitrogen and oxygen atoms in total. The fourth-order valence-corrected chi connectivity index (χ4v) is 1.63. The minimum atomic E-state index is -0.715. The fraction of sp³-hybridized carbons (Fsp3) is 0.